The molecule has 0 aliphatic carbocycles. The Morgan fingerprint density at radius 1 is 1.13 bits per heavy atom. The van der Waals surface area contributed by atoms with Crippen LogP contribution in [0.25, 0.3) is 10.9 Å². The van der Waals surface area contributed by atoms with Crippen LogP contribution in [0, 0.1) is 0 Å². The third-order valence-corrected chi connectivity index (χ3v) is 5.88. The van der Waals surface area contributed by atoms with Crippen LogP contribution in [-0.4, -0.2) is 33.9 Å². The van der Waals surface area contributed by atoms with Crippen LogP contribution in [0.5, 0.6) is 11.6 Å². The Bertz CT molecular complexity index is 1230. The number of hydrogen-bond donors (Lipinski definition) is 2. The maximum atomic E-state index is 11.2. The topological polar surface area (TPSA) is 84.2 Å². The highest BCUT2D eigenvalue weighted by Crippen LogP contribution is 2.27. The second-order valence-corrected chi connectivity index (χ2v) is 7.92. The van der Waals surface area contributed by atoms with Gasteiger partial charge >= 0.3 is 0 Å². The first-order chi connectivity index (χ1) is 15.2. The molecule has 1 aliphatic heterocycles. The molecule has 6 nitrogen and oxygen atoms in total. The minimum absolute atomic E-state index is 0.366. The van der Waals surface area contributed by atoms with Crippen molar-refractivity contribution in [3.05, 3.63) is 89.2 Å². The summed E-state index contributed by atoms with van der Waals surface area (Å²) in [5.41, 5.74) is 10.9. The Hall–Kier alpha value is -3.64. The van der Waals surface area contributed by atoms with Crippen LogP contribution in [0.4, 0.5) is 0 Å². The molecule has 0 unspecified atom stereocenters. The van der Waals surface area contributed by atoms with Gasteiger partial charge in [0.05, 0.1) is 5.56 Å². The van der Waals surface area contributed by atoms with Crippen molar-refractivity contribution in [3.8, 4) is 11.6 Å². The van der Waals surface area contributed by atoms with Crippen molar-refractivity contribution in [2.75, 3.05) is 13.1 Å². The summed E-state index contributed by atoms with van der Waals surface area (Å²) in [5.74, 6) is 0.702. The van der Waals surface area contributed by atoms with E-state index in [0.29, 0.717) is 11.4 Å². The predicted octanol–water partition coefficient (Wildman–Crippen LogP) is 4.05. The molecule has 0 atom stereocenters. The van der Waals surface area contributed by atoms with Crippen LogP contribution in [0.15, 0.2) is 67.0 Å². The van der Waals surface area contributed by atoms with Gasteiger partial charge < -0.3 is 15.5 Å². The molecule has 2 aromatic carbocycles. The number of nitrogens with two attached hydrogens (primary N) is 1. The number of ether oxygens (including phenoxy) is 1. The Kier molecular flexibility index (Phi) is 5.14. The fraction of sp³-hybridized carbons (Fsp3) is 0.200. The first-order valence-corrected chi connectivity index (χ1v) is 10.5. The molecule has 2 aromatic heterocycles. The monoisotopic (exact) mass is 412 g/mol. The maximum Gasteiger partial charge on any atom is 0.250 e. The minimum atomic E-state index is -0.498. The molecule has 3 heterocycles. The van der Waals surface area contributed by atoms with Crippen LogP contribution in [0.3, 0.4) is 0 Å². The average molecular weight is 412 g/mol. The quantitative estimate of drug-likeness (QED) is 0.500. The largest absolute Gasteiger partial charge is 0.439 e. The zero-order valence-corrected chi connectivity index (χ0v) is 17.2. The third-order valence-electron chi connectivity index (χ3n) is 5.88. The van der Waals surface area contributed by atoms with E-state index >= 15 is 0 Å². The number of pyridine rings is 1. The van der Waals surface area contributed by atoms with Crippen LogP contribution in [0.1, 0.15) is 27.0 Å². The highest BCUT2D eigenvalue weighted by Gasteiger charge is 2.17. The van der Waals surface area contributed by atoms with Crippen molar-refractivity contribution < 1.29 is 9.53 Å². The van der Waals surface area contributed by atoms with E-state index in [9.17, 15) is 4.79 Å². The normalized spacial score (nSPS) is 13.8. The molecule has 1 amide bonds. The lowest BCUT2D eigenvalue weighted by molar-refractivity contribution is 0.1000. The SMILES string of the molecule is NC(=O)c1ccc(Oc2ccc3c(c2)CCN(CCc2c[nH]c4ccccc24)C3)nc1. The van der Waals surface area contributed by atoms with Gasteiger partial charge in [-0.1, -0.05) is 24.3 Å². The number of hydrogen-bond acceptors (Lipinski definition) is 4. The van der Waals surface area contributed by atoms with E-state index in [0.717, 1.165) is 38.2 Å². The van der Waals surface area contributed by atoms with Crippen LogP contribution in [0.2, 0.25) is 0 Å². The highest BCUT2D eigenvalue weighted by atomic mass is 16.5. The van der Waals surface area contributed by atoms with E-state index < -0.39 is 5.91 Å². The van der Waals surface area contributed by atoms with E-state index in [1.165, 1.54) is 33.8 Å². The maximum absolute atomic E-state index is 11.2. The smallest absolute Gasteiger partial charge is 0.250 e. The fourth-order valence-corrected chi connectivity index (χ4v) is 4.17. The Morgan fingerprint density at radius 2 is 2.03 bits per heavy atom. The summed E-state index contributed by atoms with van der Waals surface area (Å²) in [7, 11) is 0. The zero-order valence-electron chi connectivity index (χ0n) is 17.2. The number of benzene rings is 2. The van der Waals surface area contributed by atoms with Crippen molar-refractivity contribution in [2.24, 2.45) is 5.73 Å². The second-order valence-electron chi connectivity index (χ2n) is 7.92. The number of nitrogens with one attached hydrogen (secondary N) is 1. The van der Waals surface area contributed by atoms with Crippen LogP contribution in [-0.2, 0) is 19.4 Å². The van der Waals surface area contributed by atoms with Gasteiger partial charge in [0, 0.05) is 49.0 Å². The first-order valence-electron chi connectivity index (χ1n) is 10.5. The molecule has 156 valence electrons. The second kappa shape index (κ2) is 8.24. The van der Waals surface area contributed by atoms with Gasteiger partial charge in [0.1, 0.15) is 5.75 Å². The molecule has 0 saturated heterocycles. The van der Waals surface area contributed by atoms with Gasteiger partial charge in [-0.2, -0.15) is 0 Å². The summed E-state index contributed by atoms with van der Waals surface area (Å²) in [6.07, 6.45) is 5.60. The molecule has 0 radical (unpaired) electrons. The summed E-state index contributed by atoms with van der Waals surface area (Å²) in [4.78, 5) is 21.2. The van der Waals surface area contributed by atoms with Gasteiger partial charge in [-0.25, -0.2) is 4.98 Å². The molecule has 5 rings (SSSR count). The Morgan fingerprint density at radius 3 is 2.87 bits per heavy atom. The number of carbonyl (C=O) groups is 1. The number of para-hydroxylation sites is 1. The van der Waals surface area contributed by atoms with Crippen molar-refractivity contribution in [1.82, 2.24) is 14.9 Å². The molecule has 1 aliphatic rings. The van der Waals surface area contributed by atoms with Crippen molar-refractivity contribution in [3.63, 3.8) is 0 Å². The van der Waals surface area contributed by atoms with Crippen LogP contribution < -0.4 is 10.5 Å². The summed E-state index contributed by atoms with van der Waals surface area (Å²) in [6.45, 7) is 3.02. The molecular weight excluding hydrogens is 388 g/mol. The molecule has 3 N–H and O–H groups in total. The van der Waals surface area contributed by atoms with E-state index in [1.807, 2.05) is 6.07 Å². The van der Waals surface area contributed by atoms with E-state index in [1.54, 1.807) is 12.1 Å². The molecule has 31 heavy (non-hydrogen) atoms. The standard InChI is InChI=1S/C25H24N4O2/c26-25(30)19-6-8-24(28-15-19)31-21-7-5-20-16-29(11-9-17(20)13-21)12-10-18-14-27-23-4-2-1-3-22(18)23/h1-8,13-15,27H,9-12,16H2,(H2,26,30). The predicted molar refractivity (Wildman–Crippen MR) is 120 cm³/mol. The summed E-state index contributed by atoms with van der Waals surface area (Å²) in [5, 5.41) is 1.32. The lowest BCUT2D eigenvalue weighted by atomic mass is 9.99. The third kappa shape index (κ3) is 4.15. The number of aromatic nitrogens is 2. The molecule has 0 bridgehead atoms. The van der Waals surface area contributed by atoms with Gasteiger partial charge in [0.25, 0.3) is 0 Å². The van der Waals surface area contributed by atoms with Gasteiger partial charge in [0.2, 0.25) is 11.8 Å². The molecule has 6 heteroatoms. The number of primary amides is 1. The lowest BCUT2D eigenvalue weighted by Crippen LogP contribution is -2.32. The lowest BCUT2D eigenvalue weighted by Gasteiger charge is -2.29. The molecular formula is C25H24N4O2. The minimum Gasteiger partial charge on any atom is -0.439 e. The van der Waals surface area contributed by atoms with Gasteiger partial charge in [-0.05, 0) is 53.8 Å². The van der Waals surface area contributed by atoms with Gasteiger partial charge in [-0.3, -0.25) is 9.69 Å². The highest BCUT2D eigenvalue weighted by molar-refractivity contribution is 5.92. The molecule has 4 aromatic rings. The number of H-pyrrole nitrogens is 1. The summed E-state index contributed by atoms with van der Waals surface area (Å²) >= 11 is 0. The van der Waals surface area contributed by atoms with Gasteiger partial charge in [-0.15, -0.1) is 0 Å². The van der Waals surface area contributed by atoms with Crippen molar-refractivity contribution in [2.45, 2.75) is 19.4 Å². The average Bonchev–Trinajstić information content (AvgIpc) is 3.21. The number of nitrogens with zero attached hydrogens (tertiary/aromatic N) is 2. The Labute approximate surface area is 180 Å². The van der Waals surface area contributed by atoms with Crippen molar-refractivity contribution in [1.29, 1.82) is 0 Å². The number of fused-ring (bicyclic) bond motifs is 2. The van der Waals surface area contributed by atoms with E-state index in [-0.39, 0.29) is 0 Å². The number of aromatic amines is 1. The van der Waals surface area contributed by atoms with E-state index in [4.69, 9.17) is 10.5 Å². The van der Waals surface area contributed by atoms with E-state index in [2.05, 4.69) is 57.5 Å². The molecule has 0 saturated carbocycles. The molecule has 0 fully saturated rings. The summed E-state index contributed by atoms with van der Waals surface area (Å²) < 4.78 is 5.86. The Balaban J connectivity index is 1.22. The number of carbonyl (C=O) groups excluding carboxylic acids is 1. The fourth-order valence-electron chi connectivity index (χ4n) is 4.17. The molecule has 0 spiro atoms. The van der Waals surface area contributed by atoms with Gasteiger partial charge in [0.15, 0.2) is 0 Å². The number of rotatable bonds is 6. The summed E-state index contributed by atoms with van der Waals surface area (Å²) in [6, 6.07) is 18.0. The zero-order chi connectivity index (χ0) is 21.2. The first kappa shape index (κ1) is 19.3. The van der Waals surface area contributed by atoms with Crippen molar-refractivity contribution >= 4 is 16.8 Å². The van der Waals surface area contributed by atoms with Crippen LogP contribution >= 0.6 is 0 Å². The number of amides is 1.